The van der Waals surface area contributed by atoms with Gasteiger partial charge in [-0.3, -0.25) is 4.90 Å². The van der Waals surface area contributed by atoms with Gasteiger partial charge in [-0.2, -0.15) is 0 Å². The summed E-state index contributed by atoms with van der Waals surface area (Å²) in [6.45, 7) is 7.73. The zero-order valence-corrected chi connectivity index (χ0v) is 18.1. The zero-order chi connectivity index (χ0) is 20.6. The molecule has 0 aromatic heterocycles. The van der Waals surface area contributed by atoms with Crippen molar-refractivity contribution in [2.75, 3.05) is 0 Å². The molecule has 0 saturated heterocycles. The van der Waals surface area contributed by atoms with E-state index in [1.54, 1.807) is 0 Å². The molecule has 0 bridgehead atoms. The minimum atomic E-state index is -0.911. The number of amides is 1. The molecule has 1 unspecified atom stereocenters. The summed E-state index contributed by atoms with van der Waals surface area (Å²) in [5.41, 5.74) is 4.01. The SMILES string of the molecule is CC(C1=Cc2ccccc2[C@H](c2ccc(Cl)c(Cl)c2)C1)N(C(=O)O)C(C)(C)C. The van der Waals surface area contributed by atoms with Crippen molar-refractivity contribution in [3.63, 3.8) is 0 Å². The van der Waals surface area contributed by atoms with E-state index in [-0.39, 0.29) is 12.0 Å². The molecule has 3 rings (SSSR count). The van der Waals surface area contributed by atoms with Gasteiger partial charge >= 0.3 is 6.09 Å². The number of carbonyl (C=O) groups is 1. The first-order chi connectivity index (χ1) is 13.1. The van der Waals surface area contributed by atoms with Crippen LogP contribution in [0.15, 0.2) is 48.0 Å². The van der Waals surface area contributed by atoms with Gasteiger partial charge in [0.05, 0.1) is 16.1 Å². The van der Waals surface area contributed by atoms with Crippen LogP contribution < -0.4 is 0 Å². The first-order valence-electron chi connectivity index (χ1n) is 9.36. The summed E-state index contributed by atoms with van der Waals surface area (Å²) in [7, 11) is 0. The van der Waals surface area contributed by atoms with Gasteiger partial charge in [-0.05, 0) is 68.5 Å². The monoisotopic (exact) mass is 417 g/mol. The Morgan fingerprint density at radius 2 is 1.82 bits per heavy atom. The lowest BCUT2D eigenvalue weighted by molar-refractivity contribution is 0.0841. The number of hydrogen-bond acceptors (Lipinski definition) is 1. The fourth-order valence-electron chi connectivity index (χ4n) is 4.08. The molecule has 2 aromatic carbocycles. The van der Waals surface area contributed by atoms with Gasteiger partial charge < -0.3 is 5.11 Å². The van der Waals surface area contributed by atoms with Crippen LogP contribution in [-0.2, 0) is 0 Å². The van der Waals surface area contributed by atoms with Crippen LogP contribution in [0.1, 0.15) is 56.7 Å². The van der Waals surface area contributed by atoms with E-state index >= 15 is 0 Å². The third kappa shape index (κ3) is 4.06. The van der Waals surface area contributed by atoms with E-state index in [0.717, 1.165) is 23.1 Å². The van der Waals surface area contributed by atoms with Crippen LogP contribution in [0.3, 0.4) is 0 Å². The van der Waals surface area contributed by atoms with Crippen LogP contribution in [0.25, 0.3) is 6.08 Å². The molecular weight excluding hydrogens is 393 g/mol. The molecule has 148 valence electrons. The molecule has 1 amide bonds. The lowest BCUT2D eigenvalue weighted by atomic mass is 9.77. The van der Waals surface area contributed by atoms with Gasteiger partial charge in [0, 0.05) is 11.5 Å². The maximum atomic E-state index is 12.0. The van der Waals surface area contributed by atoms with Crippen molar-refractivity contribution in [3.8, 4) is 0 Å². The van der Waals surface area contributed by atoms with Crippen LogP contribution in [0.4, 0.5) is 4.79 Å². The molecule has 1 aliphatic rings. The van der Waals surface area contributed by atoms with Gasteiger partial charge in [-0.15, -0.1) is 0 Å². The van der Waals surface area contributed by atoms with E-state index in [4.69, 9.17) is 23.2 Å². The normalized spacial score (nSPS) is 17.5. The molecule has 1 aliphatic carbocycles. The molecule has 0 fully saturated rings. The van der Waals surface area contributed by atoms with E-state index < -0.39 is 11.6 Å². The maximum absolute atomic E-state index is 12.0. The smallest absolute Gasteiger partial charge is 0.408 e. The van der Waals surface area contributed by atoms with Gasteiger partial charge in [0.1, 0.15) is 0 Å². The topological polar surface area (TPSA) is 40.5 Å². The number of nitrogens with zero attached hydrogens (tertiary/aromatic N) is 1. The predicted octanol–water partition coefficient (Wildman–Crippen LogP) is 7.08. The van der Waals surface area contributed by atoms with Crippen molar-refractivity contribution in [1.82, 2.24) is 4.90 Å². The molecule has 0 spiro atoms. The minimum Gasteiger partial charge on any atom is -0.465 e. The average molecular weight is 418 g/mol. The number of benzene rings is 2. The Morgan fingerprint density at radius 1 is 1.14 bits per heavy atom. The Kier molecular flexibility index (Phi) is 5.79. The third-order valence-electron chi connectivity index (χ3n) is 5.35. The quantitative estimate of drug-likeness (QED) is 0.579. The predicted molar refractivity (Wildman–Crippen MR) is 116 cm³/mol. The standard InChI is InChI=1S/C23H25Cl2NO2/c1-14(26(22(27)28)23(2,3)4)17-11-15-7-5-6-8-18(15)19(12-17)16-9-10-20(24)21(25)13-16/h5-11,13-14,19H,12H2,1-4H3,(H,27,28)/t14?,19-/m0/s1. The van der Waals surface area contributed by atoms with E-state index in [9.17, 15) is 9.90 Å². The second kappa shape index (κ2) is 7.81. The van der Waals surface area contributed by atoms with Gasteiger partial charge in [0.25, 0.3) is 0 Å². The van der Waals surface area contributed by atoms with Crippen LogP contribution >= 0.6 is 23.2 Å². The van der Waals surface area contributed by atoms with E-state index in [2.05, 4.69) is 18.2 Å². The van der Waals surface area contributed by atoms with Crippen molar-refractivity contribution in [1.29, 1.82) is 0 Å². The van der Waals surface area contributed by atoms with Crippen molar-refractivity contribution < 1.29 is 9.90 Å². The number of carboxylic acid groups (broad SMARTS) is 1. The highest BCUT2D eigenvalue weighted by Gasteiger charge is 2.35. The van der Waals surface area contributed by atoms with Crippen molar-refractivity contribution in [2.24, 2.45) is 0 Å². The molecule has 3 nitrogen and oxygen atoms in total. The summed E-state index contributed by atoms with van der Waals surface area (Å²) in [5, 5.41) is 10.9. The Balaban J connectivity index is 2.06. The fourth-order valence-corrected chi connectivity index (χ4v) is 4.39. The summed E-state index contributed by atoms with van der Waals surface area (Å²) in [6, 6.07) is 13.7. The first-order valence-corrected chi connectivity index (χ1v) is 10.1. The Bertz CT molecular complexity index is 930. The number of hydrogen-bond donors (Lipinski definition) is 1. The molecule has 0 saturated carbocycles. The molecule has 0 radical (unpaired) electrons. The van der Waals surface area contributed by atoms with E-state index in [1.165, 1.54) is 10.5 Å². The number of fused-ring (bicyclic) bond motifs is 1. The molecule has 2 atom stereocenters. The highest BCUT2D eigenvalue weighted by atomic mass is 35.5. The van der Waals surface area contributed by atoms with Crippen molar-refractivity contribution in [3.05, 3.63) is 74.8 Å². The van der Waals surface area contributed by atoms with Crippen LogP contribution in [0, 0.1) is 0 Å². The molecular formula is C23H25Cl2NO2. The fraction of sp³-hybridized carbons (Fsp3) is 0.348. The van der Waals surface area contributed by atoms with Gasteiger partial charge in [-0.25, -0.2) is 4.79 Å². The van der Waals surface area contributed by atoms with E-state index in [1.807, 2.05) is 58.0 Å². The molecule has 0 heterocycles. The Hall–Kier alpha value is -1.97. The Morgan fingerprint density at radius 3 is 2.43 bits per heavy atom. The third-order valence-corrected chi connectivity index (χ3v) is 6.09. The minimum absolute atomic E-state index is 0.101. The van der Waals surface area contributed by atoms with Crippen molar-refractivity contribution >= 4 is 35.4 Å². The van der Waals surface area contributed by atoms with E-state index in [0.29, 0.717) is 10.0 Å². The average Bonchev–Trinajstić information content (AvgIpc) is 2.61. The summed E-state index contributed by atoms with van der Waals surface area (Å²) >= 11 is 12.4. The summed E-state index contributed by atoms with van der Waals surface area (Å²) in [4.78, 5) is 13.5. The first kappa shape index (κ1) is 20.8. The molecule has 5 heteroatoms. The summed E-state index contributed by atoms with van der Waals surface area (Å²) in [5.74, 6) is 0.101. The Labute approximate surface area is 176 Å². The second-order valence-corrected chi connectivity index (χ2v) is 9.09. The van der Waals surface area contributed by atoms with Crippen LogP contribution in [0.2, 0.25) is 10.0 Å². The molecule has 0 aliphatic heterocycles. The lowest BCUT2D eigenvalue weighted by Gasteiger charge is -2.41. The van der Waals surface area contributed by atoms with Gasteiger partial charge in [0.15, 0.2) is 0 Å². The summed E-state index contributed by atoms with van der Waals surface area (Å²) in [6.07, 6.45) is 1.96. The second-order valence-electron chi connectivity index (χ2n) is 8.28. The van der Waals surface area contributed by atoms with Crippen LogP contribution in [0.5, 0.6) is 0 Å². The molecule has 28 heavy (non-hydrogen) atoms. The lowest BCUT2D eigenvalue weighted by Crippen LogP contribution is -2.51. The summed E-state index contributed by atoms with van der Waals surface area (Å²) < 4.78 is 0. The zero-order valence-electron chi connectivity index (χ0n) is 16.5. The maximum Gasteiger partial charge on any atom is 0.408 e. The number of rotatable bonds is 3. The van der Waals surface area contributed by atoms with Gasteiger partial charge in [0.2, 0.25) is 0 Å². The van der Waals surface area contributed by atoms with Gasteiger partial charge in [-0.1, -0.05) is 59.6 Å². The highest BCUT2D eigenvalue weighted by molar-refractivity contribution is 6.42. The van der Waals surface area contributed by atoms with Crippen LogP contribution in [-0.4, -0.2) is 27.7 Å². The largest absolute Gasteiger partial charge is 0.465 e. The molecule has 2 aromatic rings. The highest BCUT2D eigenvalue weighted by Crippen LogP contribution is 2.42. The molecule has 1 N–H and O–H groups in total. The number of halogens is 2. The van der Waals surface area contributed by atoms with Crippen molar-refractivity contribution in [2.45, 2.75) is 51.6 Å².